The molecule has 0 atom stereocenters. The van der Waals surface area contributed by atoms with E-state index in [1.54, 1.807) is 0 Å². The Morgan fingerprint density at radius 2 is 1.63 bits per heavy atom. The van der Waals surface area contributed by atoms with Crippen molar-refractivity contribution in [3.05, 3.63) is 53.6 Å². The minimum Gasteiger partial charge on any atom is -0.382 e. The summed E-state index contributed by atoms with van der Waals surface area (Å²) in [6.07, 6.45) is 2.15. The van der Waals surface area contributed by atoms with Crippen LogP contribution in [0.5, 0.6) is 0 Å². The molecule has 4 nitrogen and oxygen atoms in total. The summed E-state index contributed by atoms with van der Waals surface area (Å²) >= 11 is 0. The molecule has 0 spiro atoms. The van der Waals surface area contributed by atoms with Crippen LogP contribution in [-0.4, -0.2) is 50.5 Å². The van der Waals surface area contributed by atoms with Gasteiger partial charge in [0.1, 0.15) is 0 Å². The minimum absolute atomic E-state index is 0.500. The molecule has 0 unspecified atom stereocenters. The zero-order valence-corrected chi connectivity index (χ0v) is 16.2. The molecule has 4 rings (SSSR count). The van der Waals surface area contributed by atoms with Crippen molar-refractivity contribution in [2.45, 2.75) is 32.4 Å². The average Bonchev–Trinajstić information content (AvgIpc) is 2.71. The van der Waals surface area contributed by atoms with Gasteiger partial charge in [0.15, 0.2) is 0 Å². The van der Waals surface area contributed by atoms with Gasteiger partial charge in [-0.2, -0.15) is 0 Å². The van der Waals surface area contributed by atoms with Gasteiger partial charge in [0.05, 0.1) is 13.2 Å². The Kier molecular flexibility index (Phi) is 6.07. The molecule has 2 aromatic rings. The summed E-state index contributed by atoms with van der Waals surface area (Å²) in [7, 11) is 0. The Labute approximate surface area is 162 Å². The average molecular weight is 367 g/mol. The van der Waals surface area contributed by atoms with Gasteiger partial charge in [0.2, 0.25) is 0 Å². The number of hydrogen-bond acceptors (Lipinski definition) is 4. The van der Waals surface area contributed by atoms with E-state index >= 15 is 0 Å². The predicted octanol–water partition coefficient (Wildman–Crippen LogP) is 4.09. The van der Waals surface area contributed by atoms with Gasteiger partial charge in [-0.05, 0) is 42.5 Å². The lowest BCUT2D eigenvalue weighted by Crippen LogP contribution is -2.35. The largest absolute Gasteiger partial charge is 0.382 e. The summed E-state index contributed by atoms with van der Waals surface area (Å²) in [5, 5.41) is 3.77. The second kappa shape index (κ2) is 8.87. The third-order valence-electron chi connectivity index (χ3n) is 5.53. The van der Waals surface area contributed by atoms with Gasteiger partial charge in [0.25, 0.3) is 0 Å². The molecule has 0 aromatic heterocycles. The van der Waals surface area contributed by atoms with Crippen molar-refractivity contribution in [3.8, 4) is 11.1 Å². The van der Waals surface area contributed by atoms with E-state index in [0.717, 1.165) is 58.9 Å². The normalized spacial score (nSPS) is 19.1. The van der Waals surface area contributed by atoms with Gasteiger partial charge in [-0.15, -0.1) is 0 Å². The number of benzene rings is 2. The zero-order chi connectivity index (χ0) is 18.5. The lowest BCUT2D eigenvalue weighted by Gasteiger charge is -2.27. The summed E-state index contributed by atoms with van der Waals surface area (Å²) in [6, 6.07) is 16.3. The summed E-state index contributed by atoms with van der Waals surface area (Å²) in [6.45, 7) is 8.63. The summed E-state index contributed by atoms with van der Waals surface area (Å²) in [4.78, 5) is 2.46. The molecule has 4 heteroatoms. The highest BCUT2D eigenvalue weighted by molar-refractivity contribution is 5.78. The maximum absolute atomic E-state index is 5.50. The molecule has 0 radical (unpaired) electrons. The second-order valence-electron chi connectivity index (χ2n) is 7.67. The highest BCUT2D eigenvalue weighted by Gasteiger charge is 2.16. The highest BCUT2D eigenvalue weighted by atomic mass is 16.5. The van der Waals surface area contributed by atoms with E-state index in [9.17, 15) is 0 Å². The number of anilines is 1. The molecule has 0 saturated carbocycles. The van der Waals surface area contributed by atoms with Crippen molar-refractivity contribution in [3.63, 3.8) is 0 Å². The van der Waals surface area contributed by atoms with Gasteiger partial charge in [-0.1, -0.05) is 36.4 Å². The number of aryl methyl sites for hydroxylation is 1. The number of nitrogens with one attached hydrogen (secondary N) is 1. The summed E-state index contributed by atoms with van der Waals surface area (Å²) < 4.78 is 10.9. The number of ether oxygens (including phenoxy) is 2. The van der Waals surface area contributed by atoms with Crippen LogP contribution < -0.4 is 5.32 Å². The first-order valence-corrected chi connectivity index (χ1v) is 10.1. The topological polar surface area (TPSA) is 33.7 Å². The fraction of sp³-hybridized carbons (Fsp3) is 0.478. The minimum atomic E-state index is 0.500. The van der Waals surface area contributed by atoms with Crippen LogP contribution in [0.4, 0.5) is 5.69 Å². The first kappa shape index (κ1) is 18.5. The van der Waals surface area contributed by atoms with Crippen molar-refractivity contribution in [1.29, 1.82) is 0 Å². The smallest absolute Gasteiger partial charge is 0.0594 e. The molecule has 2 aliphatic heterocycles. The van der Waals surface area contributed by atoms with Crippen LogP contribution >= 0.6 is 0 Å². The van der Waals surface area contributed by atoms with Crippen molar-refractivity contribution < 1.29 is 9.47 Å². The summed E-state index contributed by atoms with van der Waals surface area (Å²) in [5.74, 6) is 0. The van der Waals surface area contributed by atoms with E-state index in [4.69, 9.17) is 9.47 Å². The third-order valence-corrected chi connectivity index (χ3v) is 5.53. The fourth-order valence-electron chi connectivity index (χ4n) is 3.90. The monoisotopic (exact) mass is 366 g/mol. The lowest BCUT2D eigenvalue weighted by atomic mass is 9.99. The SMILES string of the molecule is Cc1ccc(-c2ccc(CN3CCOCC3)cc2)c(NC2CCOCC2)c1. The van der Waals surface area contributed by atoms with Crippen molar-refractivity contribution >= 4 is 5.69 Å². The molecular formula is C23H30N2O2. The van der Waals surface area contributed by atoms with Gasteiger partial charge in [-0.25, -0.2) is 0 Å². The standard InChI is InChI=1S/C23H30N2O2/c1-18-2-7-22(23(16-18)24-21-8-12-26-13-9-21)20-5-3-19(4-6-20)17-25-10-14-27-15-11-25/h2-7,16,21,24H,8-15,17H2,1H3. The van der Waals surface area contributed by atoms with E-state index < -0.39 is 0 Å². The van der Waals surface area contributed by atoms with Crippen LogP contribution in [0.3, 0.4) is 0 Å². The van der Waals surface area contributed by atoms with Crippen LogP contribution in [0.2, 0.25) is 0 Å². The number of nitrogens with zero attached hydrogens (tertiary/aromatic N) is 1. The van der Waals surface area contributed by atoms with E-state index in [0.29, 0.717) is 6.04 Å². The molecule has 2 aromatic carbocycles. The lowest BCUT2D eigenvalue weighted by molar-refractivity contribution is 0.0342. The number of rotatable bonds is 5. The Morgan fingerprint density at radius 3 is 2.37 bits per heavy atom. The van der Waals surface area contributed by atoms with Gasteiger partial charge in [0, 0.05) is 50.1 Å². The fourth-order valence-corrected chi connectivity index (χ4v) is 3.90. The van der Waals surface area contributed by atoms with E-state index in [1.807, 2.05) is 0 Å². The van der Waals surface area contributed by atoms with Gasteiger partial charge >= 0.3 is 0 Å². The van der Waals surface area contributed by atoms with Crippen LogP contribution in [0, 0.1) is 6.92 Å². The Hall–Kier alpha value is -1.88. The first-order valence-electron chi connectivity index (χ1n) is 10.1. The van der Waals surface area contributed by atoms with Gasteiger partial charge < -0.3 is 14.8 Å². The molecule has 0 amide bonds. The Morgan fingerprint density at radius 1 is 0.926 bits per heavy atom. The maximum Gasteiger partial charge on any atom is 0.0594 e. The van der Waals surface area contributed by atoms with E-state index in [2.05, 4.69) is 59.6 Å². The Balaban J connectivity index is 1.50. The maximum atomic E-state index is 5.50. The van der Waals surface area contributed by atoms with Crippen LogP contribution in [-0.2, 0) is 16.0 Å². The molecule has 2 aliphatic rings. The Bertz CT molecular complexity index is 733. The molecule has 144 valence electrons. The molecule has 2 heterocycles. The van der Waals surface area contributed by atoms with Crippen molar-refractivity contribution in [1.82, 2.24) is 4.90 Å². The quantitative estimate of drug-likeness (QED) is 0.864. The molecule has 2 saturated heterocycles. The van der Waals surface area contributed by atoms with Crippen molar-refractivity contribution in [2.75, 3.05) is 44.8 Å². The predicted molar refractivity (Wildman–Crippen MR) is 110 cm³/mol. The van der Waals surface area contributed by atoms with Crippen LogP contribution in [0.25, 0.3) is 11.1 Å². The number of morpholine rings is 1. The second-order valence-corrected chi connectivity index (χ2v) is 7.67. The molecule has 0 aliphatic carbocycles. The van der Waals surface area contributed by atoms with Gasteiger partial charge in [-0.3, -0.25) is 4.90 Å². The first-order chi connectivity index (χ1) is 13.3. The summed E-state index contributed by atoms with van der Waals surface area (Å²) in [5.41, 5.74) is 6.45. The van der Waals surface area contributed by atoms with Crippen molar-refractivity contribution in [2.24, 2.45) is 0 Å². The van der Waals surface area contributed by atoms with E-state index in [1.165, 1.54) is 27.9 Å². The van der Waals surface area contributed by atoms with Crippen LogP contribution in [0.15, 0.2) is 42.5 Å². The number of hydrogen-bond donors (Lipinski definition) is 1. The van der Waals surface area contributed by atoms with Crippen LogP contribution in [0.1, 0.15) is 24.0 Å². The molecule has 27 heavy (non-hydrogen) atoms. The molecule has 1 N–H and O–H groups in total. The van der Waals surface area contributed by atoms with E-state index in [-0.39, 0.29) is 0 Å². The zero-order valence-electron chi connectivity index (χ0n) is 16.2. The third kappa shape index (κ3) is 4.89. The molecule has 0 bridgehead atoms. The highest BCUT2D eigenvalue weighted by Crippen LogP contribution is 2.31. The molecule has 2 fully saturated rings. The molecular weight excluding hydrogens is 336 g/mol.